The van der Waals surface area contributed by atoms with E-state index in [1.165, 1.54) is 35.4 Å². The average Bonchev–Trinajstić information content (AvgIpc) is 2.83. The quantitative estimate of drug-likeness (QED) is 0.859. The Morgan fingerprint density at radius 2 is 2.05 bits per heavy atom. The number of hydrogen-bond acceptors (Lipinski definition) is 3. The third-order valence-corrected chi connectivity index (χ3v) is 4.58. The van der Waals surface area contributed by atoms with Crippen molar-refractivity contribution < 1.29 is 0 Å². The molecule has 1 aliphatic rings. The van der Waals surface area contributed by atoms with Gasteiger partial charge in [0.2, 0.25) is 0 Å². The molecule has 2 aromatic rings. The zero-order valence-corrected chi connectivity index (χ0v) is 12.4. The summed E-state index contributed by atoms with van der Waals surface area (Å²) in [4.78, 5) is 4.77. The molecule has 20 heavy (non-hydrogen) atoms. The Morgan fingerprint density at radius 3 is 2.90 bits per heavy atom. The van der Waals surface area contributed by atoms with Gasteiger partial charge in [-0.3, -0.25) is 0 Å². The monoisotopic (exact) mass is 284 g/mol. The molecule has 1 aliphatic carbocycles. The van der Waals surface area contributed by atoms with Crippen molar-refractivity contribution in [2.75, 3.05) is 0 Å². The molecule has 0 amide bonds. The first-order chi connectivity index (χ1) is 9.81. The molecule has 1 heterocycles. The van der Waals surface area contributed by atoms with Crippen LogP contribution >= 0.6 is 11.3 Å². The second-order valence-electron chi connectivity index (χ2n) is 5.40. The Labute approximate surface area is 124 Å². The summed E-state index contributed by atoms with van der Waals surface area (Å²) < 4.78 is 0. The fourth-order valence-corrected chi connectivity index (χ4v) is 3.53. The van der Waals surface area contributed by atoms with Crippen LogP contribution in [-0.2, 0) is 6.42 Å². The van der Waals surface area contributed by atoms with Crippen molar-refractivity contribution in [3.8, 4) is 11.3 Å². The van der Waals surface area contributed by atoms with E-state index in [9.17, 15) is 0 Å². The molecule has 0 saturated carbocycles. The number of nitrogens with two attached hydrogens (primary N) is 1. The van der Waals surface area contributed by atoms with Crippen molar-refractivity contribution in [1.29, 1.82) is 0 Å². The van der Waals surface area contributed by atoms with Gasteiger partial charge in [-0.1, -0.05) is 48.4 Å². The van der Waals surface area contributed by atoms with Crippen molar-refractivity contribution in [3.63, 3.8) is 0 Å². The number of rotatable bonds is 3. The normalized spacial score (nSPS) is 19.4. The maximum absolute atomic E-state index is 6.08. The lowest BCUT2D eigenvalue weighted by atomic mass is 10.1. The highest BCUT2D eigenvalue weighted by Crippen LogP contribution is 2.25. The molecule has 0 radical (unpaired) electrons. The van der Waals surface area contributed by atoms with Crippen LogP contribution in [-0.4, -0.2) is 11.0 Å². The fraction of sp³-hybridized carbons (Fsp3) is 0.353. The van der Waals surface area contributed by atoms with E-state index in [1.807, 2.05) is 6.07 Å². The molecule has 3 rings (SSSR count). The Hall–Kier alpha value is -1.45. The Kier molecular flexibility index (Phi) is 4.28. The van der Waals surface area contributed by atoms with E-state index in [-0.39, 0.29) is 6.04 Å². The molecule has 3 heteroatoms. The molecule has 2 N–H and O–H groups in total. The smallest absolute Gasteiger partial charge is 0.0973 e. The van der Waals surface area contributed by atoms with Crippen LogP contribution in [0.25, 0.3) is 11.3 Å². The minimum atomic E-state index is 0.237. The maximum atomic E-state index is 6.08. The van der Waals surface area contributed by atoms with Crippen LogP contribution in [0.1, 0.15) is 30.7 Å². The summed E-state index contributed by atoms with van der Waals surface area (Å²) >= 11 is 1.75. The lowest BCUT2D eigenvalue weighted by Gasteiger charge is -2.04. The van der Waals surface area contributed by atoms with Crippen LogP contribution in [0.5, 0.6) is 0 Å². The first-order valence-electron chi connectivity index (χ1n) is 7.26. The molecule has 1 atom stereocenters. The van der Waals surface area contributed by atoms with Crippen molar-refractivity contribution in [1.82, 2.24) is 4.98 Å². The van der Waals surface area contributed by atoms with Crippen LogP contribution in [0.4, 0.5) is 0 Å². The lowest BCUT2D eigenvalue weighted by Crippen LogP contribution is -2.16. The van der Waals surface area contributed by atoms with E-state index in [1.54, 1.807) is 11.3 Å². The molecule has 1 aromatic carbocycles. The average molecular weight is 284 g/mol. The summed E-state index contributed by atoms with van der Waals surface area (Å²) in [5, 5.41) is 3.35. The van der Waals surface area contributed by atoms with Gasteiger partial charge in [-0.15, -0.1) is 11.3 Å². The SMILES string of the molecule is NC1C=C(Cc2nc(-c3ccccc3)cs2)CCCC1. The zero-order valence-electron chi connectivity index (χ0n) is 11.6. The van der Waals surface area contributed by atoms with Crippen LogP contribution in [0.3, 0.4) is 0 Å². The van der Waals surface area contributed by atoms with E-state index in [2.05, 4.69) is 35.7 Å². The van der Waals surface area contributed by atoms with Gasteiger partial charge in [-0.05, 0) is 19.3 Å². The van der Waals surface area contributed by atoms with Crippen LogP contribution in [0.15, 0.2) is 47.4 Å². The van der Waals surface area contributed by atoms with E-state index in [4.69, 9.17) is 10.7 Å². The van der Waals surface area contributed by atoms with E-state index >= 15 is 0 Å². The van der Waals surface area contributed by atoms with Gasteiger partial charge in [0, 0.05) is 23.4 Å². The number of hydrogen-bond donors (Lipinski definition) is 1. The summed E-state index contributed by atoms with van der Waals surface area (Å²) in [5.41, 5.74) is 9.83. The molecule has 0 fully saturated rings. The van der Waals surface area contributed by atoms with E-state index < -0.39 is 0 Å². The number of thiazole rings is 1. The molecule has 0 spiro atoms. The minimum absolute atomic E-state index is 0.237. The fourth-order valence-electron chi connectivity index (χ4n) is 2.68. The predicted molar refractivity (Wildman–Crippen MR) is 85.8 cm³/mol. The third-order valence-electron chi connectivity index (χ3n) is 3.73. The highest BCUT2D eigenvalue weighted by Gasteiger charge is 2.11. The van der Waals surface area contributed by atoms with E-state index in [0.717, 1.165) is 18.5 Å². The standard InChI is InChI=1S/C17H20N2S/c18-15-9-5-4-6-13(10-15)11-17-19-16(12-20-17)14-7-2-1-3-8-14/h1-3,7-8,10,12,15H,4-6,9,11,18H2. The largest absolute Gasteiger partial charge is 0.324 e. The number of nitrogens with zero attached hydrogens (tertiary/aromatic N) is 1. The topological polar surface area (TPSA) is 38.9 Å². The molecule has 1 aromatic heterocycles. The van der Waals surface area contributed by atoms with Gasteiger partial charge < -0.3 is 5.73 Å². The summed E-state index contributed by atoms with van der Waals surface area (Å²) in [5.74, 6) is 0. The molecule has 104 valence electrons. The number of allylic oxidation sites excluding steroid dienone is 1. The third kappa shape index (κ3) is 3.35. The second-order valence-corrected chi connectivity index (χ2v) is 6.35. The number of benzene rings is 1. The molecular weight excluding hydrogens is 264 g/mol. The first kappa shape index (κ1) is 13.5. The van der Waals surface area contributed by atoms with Crippen LogP contribution in [0.2, 0.25) is 0 Å². The Morgan fingerprint density at radius 1 is 1.20 bits per heavy atom. The maximum Gasteiger partial charge on any atom is 0.0973 e. The second kappa shape index (κ2) is 6.33. The first-order valence-corrected chi connectivity index (χ1v) is 8.14. The molecule has 0 bridgehead atoms. The summed E-state index contributed by atoms with van der Waals surface area (Å²) in [7, 11) is 0. The number of aromatic nitrogens is 1. The van der Waals surface area contributed by atoms with Gasteiger partial charge in [0.25, 0.3) is 0 Å². The summed E-state index contributed by atoms with van der Waals surface area (Å²) in [6.45, 7) is 0. The highest BCUT2D eigenvalue weighted by molar-refractivity contribution is 7.10. The van der Waals surface area contributed by atoms with Crippen molar-refractivity contribution >= 4 is 11.3 Å². The molecular formula is C17H20N2S. The predicted octanol–water partition coefficient (Wildman–Crippen LogP) is 4.18. The Bertz CT molecular complexity index is 586. The molecule has 2 nitrogen and oxygen atoms in total. The van der Waals surface area contributed by atoms with Gasteiger partial charge >= 0.3 is 0 Å². The van der Waals surface area contributed by atoms with Gasteiger partial charge in [0.15, 0.2) is 0 Å². The van der Waals surface area contributed by atoms with Gasteiger partial charge in [-0.2, -0.15) is 0 Å². The molecule has 1 unspecified atom stereocenters. The van der Waals surface area contributed by atoms with Crippen molar-refractivity contribution in [3.05, 3.63) is 52.4 Å². The van der Waals surface area contributed by atoms with Gasteiger partial charge in [-0.25, -0.2) is 4.98 Å². The van der Waals surface area contributed by atoms with E-state index in [0.29, 0.717) is 0 Å². The lowest BCUT2D eigenvalue weighted by molar-refractivity contribution is 0.654. The molecule has 0 saturated heterocycles. The zero-order chi connectivity index (χ0) is 13.8. The molecule has 0 aliphatic heterocycles. The van der Waals surface area contributed by atoms with Crippen LogP contribution < -0.4 is 5.73 Å². The summed E-state index contributed by atoms with van der Waals surface area (Å²) in [6, 6.07) is 10.6. The van der Waals surface area contributed by atoms with Crippen molar-refractivity contribution in [2.24, 2.45) is 5.73 Å². The van der Waals surface area contributed by atoms with Gasteiger partial charge in [0.1, 0.15) is 0 Å². The van der Waals surface area contributed by atoms with Crippen molar-refractivity contribution in [2.45, 2.75) is 38.1 Å². The summed E-state index contributed by atoms with van der Waals surface area (Å²) in [6.07, 6.45) is 8.02. The Balaban J connectivity index is 1.74. The van der Waals surface area contributed by atoms with Gasteiger partial charge in [0.05, 0.1) is 10.7 Å². The minimum Gasteiger partial charge on any atom is -0.324 e. The van der Waals surface area contributed by atoms with Crippen LogP contribution in [0, 0.1) is 0 Å². The highest BCUT2D eigenvalue weighted by atomic mass is 32.1.